The van der Waals surface area contributed by atoms with Gasteiger partial charge in [0.25, 0.3) is 5.91 Å². The number of carbonyl (C=O) groups is 1. The van der Waals surface area contributed by atoms with E-state index in [2.05, 4.69) is 21.7 Å². The second-order valence-electron chi connectivity index (χ2n) is 7.19. The number of halogens is 1. The van der Waals surface area contributed by atoms with Crippen LogP contribution in [-0.4, -0.2) is 40.5 Å². The standard InChI is InChI=1S/C20H22ClN5O/c1-14-6-7-15(12-17(14)21)22-20(27)13-25-10-8-16(9-11-25)26-19-5-3-2-4-18(19)23-24-26/h2-7,12,16H,8-11,13H2,1H3,(H,22,27)/p+1. The molecule has 2 heterocycles. The van der Waals surface area contributed by atoms with Crippen molar-refractivity contribution < 1.29 is 9.69 Å². The van der Waals surface area contributed by atoms with Gasteiger partial charge in [-0.1, -0.05) is 35.0 Å². The number of likely N-dealkylation sites (tertiary alicyclic amines) is 1. The Bertz CT molecular complexity index is 962. The Morgan fingerprint density at radius 3 is 2.81 bits per heavy atom. The van der Waals surface area contributed by atoms with Gasteiger partial charge in [-0.05, 0) is 36.8 Å². The van der Waals surface area contributed by atoms with E-state index in [4.69, 9.17) is 11.6 Å². The molecule has 1 aliphatic heterocycles. The number of piperidine rings is 1. The number of amides is 1. The summed E-state index contributed by atoms with van der Waals surface area (Å²) in [5, 5.41) is 12.2. The number of anilines is 1. The quantitative estimate of drug-likeness (QED) is 0.725. The van der Waals surface area contributed by atoms with Crippen LogP contribution in [0.15, 0.2) is 42.5 Å². The van der Waals surface area contributed by atoms with Gasteiger partial charge in [0.05, 0.1) is 24.6 Å². The number of hydrogen-bond donors (Lipinski definition) is 2. The highest BCUT2D eigenvalue weighted by Crippen LogP contribution is 2.21. The summed E-state index contributed by atoms with van der Waals surface area (Å²) in [5.74, 6) is 0.0228. The molecule has 0 spiro atoms. The van der Waals surface area contributed by atoms with Crippen molar-refractivity contribution in [3.05, 3.63) is 53.1 Å². The molecule has 7 heteroatoms. The molecule has 3 aromatic rings. The molecule has 140 valence electrons. The van der Waals surface area contributed by atoms with E-state index in [-0.39, 0.29) is 5.91 Å². The lowest BCUT2D eigenvalue weighted by Gasteiger charge is -2.29. The van der Waals surface area contributed by atoms with E-state index in [1.165, 1.54) is 4.90 Å². The highest BCUT2D eigenvalue weighted by Gasteiger charge is 2.26. The topological polar surface area (TPSA) is 64.2 Å². The maximum atomic E-state index is 12.4. The predicted molar refractivity (Wildman–Crippen MR) is 106 cm³/mol. The maximum absolute atomic E-state index is 12.4. The average Bonchev–Trinajstić information content (AvgIpc) is 3.09. The van der Waals surface area contributed by atoms with Crippen LogP contribution >= 0.6 is 11.6 Å². The molecule has 1 amide bonds. The summed E-state index contributed by atoms with van der Waals surface area (Å²) in [6, 6.07) is 14.0. The van der Waals surface area contributed by atoms with Crippen LogP contribution in [0.1, 0.15) is 24.4 Å². The number of aryl methyl sites for hydroxylation is 1. The molecule has 1 fully saturated rings. The maximum Gasteiger partial charge on any atom is 0.279 e. The molecule has 0 unspecified atom stereocenters. The number of benzene rings is 2. The number of rotatable bonds is 4. The number of aromatic nitrogens is 3. The molecule has 1 aromatic heterocycles. The number of carbonyl (C=O) groups excluding carboxylic acids is 1. The van der Waals surface area contributed by atoms with Crippen LogP contribution in [0.3, 0.4) is 0 Å². The zero-order valence-corrected chi connectivity index (χ0v) is 16.0. The number of nitrogens with zero attached hydrogens (tertiary/aromatic N) is 3. The second kappa shape index (κ2) is 7.66. The Hall–Kier alpha value is -2.44. The minimum absolute atomic E-state index is 0.0228. The first kappa shape index (κ1) is 17.9. The van der Waals surface area contributed by atoms with Crippen molar-refractivity contribution in [2.45, 2.75) is 25.8 Å². The number of quaternary nitrogens is 1. The van der Waals surface area contributed by atoms with E-state index < -0.39 is 0 Å². The van der Waals surface area contributed by atoms with Crippen LogP contribution in [0, 0.1) is 6.92 Å². The molecule has 2 N–H and O–H groups in total. The lowest BCUT2D eigenvalue weighted by molar-refractivity contribution is -0.897. The van der Waals surface area contributed by atoms with Crippen LogP contribution in [0.5, 0.6) is 0 Å². The van der Waals surface area contributed by atoms with E-state index in [0.29, 0.717) is 17.6 Å². The zero-order valence-electron chi connectivity index (χ0n) is 15.3. The Morgan fingerprint density at radius 2 is 2.04 bits per heavy atom. The highest BCUT2D eigenvalue weighted by atomic mass is 35.5. The van der Waals surface area contributed by atoms with Gasteiger partial charge in [0, 0.05) is 23.6 Å². The van der Waals surface area contributed by atoms with Crippen molar-refractivity contribution in [3.63, 3.8) is 0 Å². The summed E-state index contributed by atoms with van der Waals surface area (Å²) in [4.78, 5) is 13.7. The van der Waals surface area contributed by atoms with Crippen LogP contribution in [0.4, 0.5) is 5.69 Å². The summed E-state index contributed by atoms with van der Waals surface area (Å²) in [5.41, 5.74) is 3.77. The fourth-order valence-corrected chi connectivity index (χ4v) is 3.87. The van der Waals surface area contributed by atoms with Gasteiger partial charge in [0.1, 0.15) is 5.52 Å². The second-order valence-corrected chi connectivity index (χ2v) is 7.60. The lowest BCUT2D eigenvalue weighted by atomic mass is 10.0. The molecular weight excluding hydrogens is 362 g/mol. The number of para-hydroxylation sites is 1. The molecule has 0 radical (unpaired) electrons. The third kappa shape index (κ3) is 3.96. The number of hydrogen-bond acceptors (Lipinski definition) is 3. The minimum atomic E-state index is 0.0228. The van der Waals surface area contributed by atoms with Gasteiger partial charge in [0.2, 0.25) is 0 Å². The van der Waals surface area contributed by atoms with Gasteiger partial charge in [0.15, 0.2) is 6.54 Å². The van der Waals surface area contributed by atoms with E-state index in [1.807, 2.05) is 41.9 Å². The third-order valence-electron chi connectivity index (χ3n) is 5.25. The largest absolute Gasteiger partial charge is 0.327 e. The molecule has 27 heavy (non-hydrogen) atoms. The normalized spacial score (nSPS) is 19.9. The molecule has 1 saturated heterocycles. The first-order valence-corrected chi connectivity index (χ1v) is 9.67. The smallest absolute Gasteiger partial charge is 0.279 e. The van der Waals surface area contributed by atoms with Crippen LogP contribution in [0.25, 0.3) is 11.0 Å². The van der Waals surface area contributed by atoms with Gasteiger partial charge >= 0.3 is 0 Å². The predicted octanol–water partition coefficient (Wildman–Crippen LogP) is 2.25. The van der Waals surface area contributed by atoms with Crippen LogP contribution in [-0.2, 0) is 4.79 Å². The van der Waals surface area contributed by atoms with Crippen LogP contribution in [0.2, 0.25) is 5.02 Å². The van der Waals surface area contributed by atoms with Crippen molar-refractivity contribution in [1.29, 1.82) is 0 Å². The summed E-state index contributed by atoms with van der Waals surface area (Å²) < 4.78 is 2.04. The Labute approximate surface area is 163 Å². The van der Waals surface area contributed by atoms with Crippen molar-refractivity contribution in [1.82, 2.24) is 15.0 Å². The summed E-state index contributed by atoms with van der Waals surface area (Å²) in [7, 11) is 0. The van der Waals surface area contributed by atoms with Gasteiger partial charge in [-0.15, -0.1) is 5.10 Å². The SMILES string of the molecule is Cc1ccc(NC(=O)C[NH+]2CCC(n3nnc4ccccc43)CC2)cc1Cl. The molecule has 0 bridgehead atoms. The van der Waals surface area contributed by atoms with E-state index >= 15 is 0 Å². The zero-order chi connectivity index (χ0) is 18.8. The van der Waals surface area contributed by atoms with Gasteiger partial charge in [-0.25, -0.2) is 4.68 Å². The van der Waals surface area contributed by atoms with Gasteiger partial charge in [-0.2, -0.15) is 0 Å². The number of nitrogens with one attached hydrogen (secondary N) is 2. The first-order valence-electron chi connectivity index (χ1n) is 9.29. The highest BCUT2D eigenvalue weighted by molar-refractivity contribution is 6.31. The minimum Gasteiger partial charge on any atom is -0.327 e. The molecule has 2 aromatic carbocycles. The lowest BCUT2D eigenvalue weighted by Crippen LogP contribution is -3.14. The summed E-state index contributed by atoms with van der Waals surface area (Å²) in [6.07, 6.45) is 1.98. The fraction of sp³-hybridized carbons (Fsp3) is 0.350. The number of fused-ring (bicyclic) bond motifs is 1. The van der Waals surface area contributed by atoms with Crippen LogP contribution < -0.4 is 10.2 Å². The molecule has 1 aliphatic rings. The summed E-state index contributed by atoms with van der Waals surface area (Å²) >= 11 is 6.13. The van der Waals surface area contributed by atoms with Crippen molar-refractivity contribution in [2.24, 2.45) is 0 Å². The first-order chi connectivity index (χ1) is 13.1. The van der Waals surface area contributed by atoms with E-state index in [0.717, 1.165) is 48.2 Å². The molecule has 0 saturated carbocycles. The molecule has 6 nitrogen and oxygen atoms in total. The van der Waals surface area contributed by atoms with Crippen molar-refractivity contribution in [2.75, 3.05) is 25.0 Å². The van der Waals surface area contributed by atoms with Crippen molar-refractivity contribution in [3.8, 4) is 0 Å². The average molecular weight is 385 g/mol. The Kier molecular flexibility index (Phi) is 5.09. The Morgan fingerprint density at radius 1 is 1.26 bits per heavy atom. The van der Waals surface area contributed by atoms with Gasteiger partial charge < -0.3 is 10.2 Å². The van der Waals surface area contributed by atoms with E-state index in [9.17, 15) is 4.79 Å². The molecule has 0 atom stereocenters. The molecule has 0 aliphatic carbocycles. The van der Waals surface area contributed by atoms with Crippen molar-refractivity contribution >= 4 is 34.2 Å². The molecule has 4 rings (SSSR count). The monoisotopic (exact) mass is 384 g/mol. The van der Waals surface area contributed by atoms with Gasteiger partial charge in [-0.3, -0.25) is 4.79 Å². The third-order valence-corrected chi connectivity index (χ3v) is 5.66. The fourth-order valence-electron chi connectivity index (χ4n) is 3.69. The van der Waals surface area contributed by atoms with E-state index in [1.54, 1.807) is 6.07 Å². The summed E-state index contributed by atoms with van der Waals surface area (Å²) in [6.45, 7) is 4.30. The Balaban J connectivity index is 1.32. The molecular formula is C20H23ClN5O+.